The zero-order chi connectivity index (χ0) is 18.9. The van der Waals surface area contributed by atoms with Gasteiger partial charge in [-0.1, -0.05) is 17.7 Å². The highest BCUT2D eigenvalue weighted by atomic mass is 35.5. The van der Waals surface area contributed by atoms with Gasteiger partial charge < -0.3 is 14.5 Å². The van der Waals surface area contributed by atoms with Crippen molar-refractivity contribution in [1.29, 1.82) is 0 Å². The van der Waals surface area contributed by atoms with E-state index in [-0.39, 0.29) is 18.2 Å². The Morgan fingerprint density at radius 3 is 2.69 bits per heavy atom. The van der Waals surface area contributed by atoms with Crippen LogP contribution in [0.15, 0.2) is 24.3 Å². The molecule has 3 amide bonds. The molecule has 2 heterocycles. The van der Waals surface area contributed by atoms with Crippen molar-refractivity contribution in [2.75, 3.05) is 31.1 Å². The SMILES string of the molecule is CC(C)(C)OC(=O)N1CCC[C@@H](N2CCN(c3cccc(Cl)c3)C2=O)C1. The van der Waals surface area contributed by atoms with Gasteiger partial charge in [-0.25, -0.2) is 9.59 Å². The second-order valence-corrected chi connectivity index (χ2v) is 8.27. The van der Waals surface area contributed by atoms with E-state index < -0.39 is 5.60 Å². The fourth-order valence-electron chi connectivity index (χ4n) is 3.48. The molecule has 0 radical (unpaired) electrons. The van der Waals surface area contributed by atoms with Crippen LogP contribution in [0.25, 0.3) is 0 Å². The standard InChI is InChI=1S/C19H26ClN3O3/c1-19(2,3)26-18(25)21-9-5-8-16(13-21)23-11-10-22(17(23)24)15-7-4-6-14(20)12-15/h4,6-7,12,16H,5,8-11,13H2,1-3H3/t16-/m1/s1. The molecule has 0 saturated carbocycles. The van der Waals surface area contributed by atoms with Crippen LogP contribution < -0.4 is 4.90 Å². The second-order valence-electron chi connectivity index (χ2n) is 7.83. The number of rotatable bonds is 2. The quantitative estimate of drug-likeness (QED) is 0.780. The first-order valence-electron chi connectivity index (χ1n) is 9.06. The molecule has 26 heavy (non-hydrogen) atoms. The van der Waals surface area contributed by atoms with Crippen molar-refractivity contribution in [2.24, 2.45) is 0 Å². The summed E-state index contributed by atoms with van der Waals surface area (Å²) in [5.41, 5.74) is 0.293. The lowest BCUT2D eigenvalue weighted by molar-refractivity contribution is 0.0144. The molecule has 0 unspecified atom stereocenters. The van der Waals surface area contributed by atoms with Crippen molar-refractivity contribution in [3.63, 3.8) is 0 Å². The molecule has 7 heteroatoms. The number of nitrogens with zero attached hydrogens (tertiary/aromatic N) is 3. The molecular formula is C19H26ClN3O3. The van der Waals surface area contributed by atoms with Gasteiger partial charge in [0.25, 0.3) is 0 Å². The Hall–Kier alpha value is -1.95. The monoisotopic (exact) mass is 379 g/mol. The normalized spacial score (nSPS) is 21.3. The minimum Gasteiger partial charge on any atom is -0.444 e. The molecule has 0 spiro atoms. The molecule has 0 aliphatic carbocycles. The fraction of sp³-hybridized carbons (Fsp3) is 0.579. The molecule has 0 N–H and O–H groups in total. The number of anilines is 1. The van der Waals surface area contributed by atoms with Gasteiger partial charge in [-0.3, -0.25) is 4.90 Å². The third-order valence-electron chi connectivity index (χ3n) is 4.65. The number of carbonyl (C=O) groups excluding carboxylic acids is 2. The third-order valence-corrected chi connectivity index (χ3v) is 4.89. The van der Waals surface area contributed by atoms with Crippen molar-refractivity contribution >= 4 is 29.4 Å². The minimum absolute atomic E-state index is 0.0213. The van der Waals surface area contributed by atoms with Gasteiger partial charge in [-0.15, -0.1) is 0 Å². The summed E-state index contributed by atoms with van der Waals surface area (Å²) in [7, 11) is 0. The Bertz CT molecular complexity index is 689. The van der Waals surface area contributed by atoms with E-state index in [9.17, 15) is 9.59 Å². The number of amides is 3. The number of likely N-dealkylation sites (tertiary alicyclic amines) is 1. The lowest BCUT2D eigenvalue weighted by atomic mass is 10.0. The lowest BCUT2D eigenvalue weighted by Gasteiger charge is -2.37. The molecule has 2 aliphatic heterocycles. The summed E-state index contributed by atoms with van der Waals surface area (Å²) in [6, 6.07) is 7.33. The lowest BCUT2D eigenvalue weighted by Crippen LogP contribution is -2.51. The fourth-order valence-corrected chi connectivity index (χ4v) is 3.66. The van der Waals surface area contributed by atoms with Crippen molar-refractivity contribution < 1.29 is 14.3 Å². The van der Waals surface area contributed by atoms with E-state index in [4.69, 9.17) is 16.3 Å². The molecule has 2 aliphatic rings. The summed E-state index contributed by atoms with van der Waals surface area (Å²) >= 11 is 6.05. The van der Waals surface area contributed by atoms with E-state index in [0.29, 0.717) is 31.2 Å². The number of carbonyl (C=O) groups is 2. The highest BCUT2D eigenvalue weighted by molar-refractivity contribution is 6.30. The van der Waals surface area contributed by atoms with E-state index >= 15 is 0 Å². The zero-order valence-corrected chi connectivity index (χ0v) is 16.3. The average molecular weight is 380 g/mol. The summed E-state index contributed by atoms with van der Waals surface area (Å²) in [4.78, 5) is 30.6. The summed E-state index contributed by atoms with van der Waals surface area (Å²) < 4.78 is 5.48. The molecule has 1 atom stereocenters. The van der Waals surface area contributed by atoms with E-state index in [1.54, 1.807) is 21.9 Å². The first-order valence-corrected chi connectivity index (χ1v) is 9.44. The molecule has 3 rings (SSSR count). The maximum Gasteiger partial charge on any atom is 0.410 e. The van der Waals surface area contributed by atoms with Gasteiger partial charge in [0, 0.05) is 36.9 Å². The average Bonchev–Trinajstić information content (AvgIpc) is 2.95. The Morgan fingerprint density at radius 2 is 2.00 bits per heavy atom. The highest BCUT2D eigenvalue weighted by Crippen LogP contribution is 2.27. The first kappa shape index (κ1) is 18.8. The van der Waals surface area contributed by atoms with Crippen LogP contribution in [-0.2, 0) is 4.74 Å². The van der Waals surface area contributed by atoms with Gasteiger partial charge in [-0.05, 0) is 51.8 Å². The first-order chi connectivity index (χ1) is 12.2. The maximum atomic E-state index is 12.9. The summed E-state index contributed by atoms with van der Waals surface area (Å²) in [6.07, 6.45) is 1.46. The molecule has 2 saturated heterocycles. The van der Waals surface area contributed by atoms with Gasteiger partial charge in [0.1, 0.15) is 5.60 Å². The van der Waals surface area contributed by atoms with Crippen molar-refractivity contribution in [3.8, 4) is 0 Å². The Labute approximate surface area is 159 Å². The van der Waals surface area contributed by atoms with Crippen LogP contribution in [0.4, 0.5) is 15.3 Å². The van der Waals surface area contributed by atoms with Gasteiger partial charge in [0.05, 0.1) is 6.04 Å². The number of piperidine rings is 1. The van der Waals surface area contributed by atoms with E-state index in [1.165, 1.54) is 0 Å². The predicted octanol–water partition coefficient (Wildman–Crippen LogP) is 3.98. The largest absolute Gasteiger partial charge is 0.444 e. The molecule has 6 nitrogen and oxygen atoms in total. The zero-order valence-electron chi connectivity index (χ0n) is 15.6. The number of halogens is 1. The summed E-state index contributed by atoms with van der Waals surface area (Å²) in [6.45, 7) is 8.05. The molecular weight excluding hydrogens is 354 g/mol. The molecule has 0 aromatic heterocycles. The third kappa shape index (κ3) is 4.23. The summed E-state index contributed by atoms with van der Waals surface area (Å²) in [5.74, 6) is 0. The van der Waals surface area contributed by atoms with Gasteiger partial charge in [0.15, 0.2) is 0 Å². The van der Waals surface area contributed by atoms with E-state index in [2.05, 4.69) is 0 Å². The Morgan fingerprint density at radius 1 is 1.23 bits per heavy atom. The van der Waals surface area contributed by atoms with E-state index in [0.717, 1.165) is 18.5 Å². The van der Waals surface area contributed by atoms with Gasteiger partial charge in [-0.2, -0.15) is 0 Å². The minimum atomic E-state index is -0.517. The van der Waals surface area contributed by atoms with Crippen LogP contribution in [-0.4, -0.2) is 59.7 Å². The van der Waals surface area contributed by atoms with Crippen molar-refractivity contribution in [1.82, 2.24) is 9.80 Å². The predicted molar refractivity (Wildman–Crippen MR) is 102 cm³/mol. The summed E-state index contributed by atoms with van der Waals surface area (Å²) in [5, 5.41) is 0.613. The molecule has 2 fully saturated rings. The van der Waals surface area contributed by atoms with Crippen LogP contribution in [0.5, 0.6) is 0 Å². The Balaban J connectivity index is 1.66. The molecule has 0 bridgehead atoms. The second kappa shape index (κ2) is 7.35. The smallest absolute Gasteiger partial charge is 0.410 e. The molecule has 1 aromatic rings. The Kier molecular flexibility index (Phi) is 5.32. The van der Waals surface area contributed by atoms with Gasteiger partial charge in [0.2, 0.25) is 0 Å². The van der Waals surface area contributed by atoms with E-state index in [1.807, 2.05) is 37.8 Å². The van der Waals surface area contributed by atoms with Crippen LogP contribution in [0, 0.1) is 0 Å². The number of urea groups is 1. The van der Waals surface area contributed by atoms with Crippen LogP contribution in [0.3, 0.4) is 0 Å². The van der Waals surface area contributed by atoms with Crippen LogP contribution >= 0.6 is 11.6 Å². The highest BCUT2D eigenvalue weighted by Gasteiger charge is 2.38. The number of hydrogen-bond donors (Lipinski definition) is 0. The number of ether oxygens (including phenoxy) is 1. The van der Waals surface area contributed by atoms with Crippen molar-refractivity contribution in [3.05, 3.63) is 29.3 Å². The topological polar surface area (TPSA) is 53.1 Å². The van der Waals surface area contributed by atoms with Crippen molar-refractivity contribution in [2.45, 2.75) is 45.3 Å². The van der Waals surface area contributed by atoms with Crippen LogP contribution in [0.2, 0.25) is 5.02 Å². The number of benzene rings is 1. The molecule has 142 valence electrons. The van der Waals surface area contributed by atoms with Crippen LogP contribution in [0.1, 0.15) is 33.6 Å². The van der Waals surface area contributed by atoms with Gasteiger partial charge >= 0.3 is 12.1 Å². The number of hydrogen-bond acceptors (Lipinski definition) is 3. The maximum absolute atomic E-state index is 12.9. The molecule has 1 aromatic carbocycles.